The largest absolute Gasteiger partial charge is 0.355 e. The molecule has 0 aromatic carbocycles. The molecule has 80 valence electrons. The molecule has 2 atom stereocenters. The first-order chi connectivity index (χ1) is 6.62. The van der Waals surface area contributed by atoms with Gasteiger partial charge in [0.2, 0.25) is 5.91 Å². The first-order valence-corrected chi connectivity index (χ1v) is 5.98. The highest BCUT2D eigenvalue weighted by molar-refractivity contribution is 6.21. The number of nitrogens with one attached hydrogen (secondary N) is 1. The van der Waals surface area contributed by atoms with Gasteiger partial charge in [0.15, 0.2) is 0 Å². The second-order valence-corrected chi connectivity index (χ2v) is 5.54. The molecule has 0 saturated heterocycles. The fraction of sp³-hybridized carbons (Fsp3) is 0.909. The molecule has 2 nitrogen and oxygen atoms in total. The van der Waals surface area contributed by atoms with Gasteiger partial charge in [0.1, 0.15) is 0 Å². The molecule has 0 spiro atoms. The first-order valence-electron chi connectivity index (χ1n) is 5.54. The number of alkyl halides is 1. The third kappa shape index (κ3) is 2.05. The maximum atomic E-state index is 11.6. The number of carbonyl (C=O) groups is 1. The Bertz CT molecular complexity index is 237. The summed E-state index contributed by atoms with van der Waals surface area (Å²) in [6.07, 6.45) is 5.60. The number of rotatable bonds is 3. The standard InChI is InChI=1S/C11H18ClNO/c1-11(5-6-11)10(14)13-7-8-3-2-4-9(8)12/h8-9H,2-7H2,1H3,(H,13,14). The summed E-state index contributed by atoms with van der Waals surface area (Å²) < 4.78 is 0. The second-order valence-electron chi connectivity index (χ2n) is 4.98. The highest BCUT2D eigenvalue weighted by atomic mass is 35.5. The average molecular weight is 216 g/mol. The van der Waals surface area contributed by atoms with Crippen molar-refractivity contribution in [3.63, 3.8) is 0 Å². The van der Waals surface area contributed by atoms with Gasteiger partial charge in [-0.15, -0.1) is 11.6 Å². The Balaban J connectivity index is 1.74. The van der Waals surface area contributed by atoms with Crippen LogP contribution < -0.4 is 5.32 Å². The number of hydrogen-bond donors (Lipinski definition) is 1. The van der Waals surface area contributed by atoms with Crippen LogP contribution in [0.25, 0.3) is 0 Å². The Hall–Kier alpha value is -0.240. The van der Waals surface area contributed by atoms with Gasteiger partial charge in [0.25, 0.3) is 0 Å². The quantitative estimate of drug-likeness (QED) is 0.720. The van der Waals surface area contributed by atoms with Crippen molar-refractivity contribution in [3.05, 3.63) is 0 Å². The molecular weight excluding hydrogens is 198 g/mol. The van der Waals surface area contributed by atoms with Crippen molar-refractivity contribution in [3.8, 4) is 0 Å². The molecule has 0 heterocycles. The van der Waals surface area contributed by atoms with E-state index in [1.807, 2.05) is 6.92 Å². The van der Waals surface area contributed by atoms with Crippen LogP contribution in [0.5, 0.6) is 0 Å². The van der Waals surface area contributed by atoms with Gasteiger partial charge >= 0.3 is 0 Å². The molecule has 1 amide bonds. The van der Waals surface area contributed by atoms with E-state index >= 15 is 0 Å². The second kappa shape index (κ2) is 3.73. The minimum absolute atomic E-state index is 0.0413. The zero-order valence-electron chi connectivity index (χ0n) is 8.68. The van der Waals surface area contributed by atoms with Crippen molar-refractivity contribution in [1.82, 2.24) is 5.32 Å². The Kier molecular flexibility index (Phi) is 2.74. The molecule has 0 bridgehead atoms. The van der Waals surface area contributed by atoms with Crippen LogP contribution in [0.4, 0.5) is 0 Å². The zero-order chi connectivity index (χ0) is 10.2. The minimum atomic E-state index is -0.0413. The maximum absolute atomic E-state index is 11.6. The van der Waals surface area contributed by atoms with Crippen molar-refractivity contribution in [2.24, 2.45) is 11.3 Å². The van der Waals surface area contributed by atoms with Crippen LogP contribution in [0, 0.1) is 11.3 Å². The third-order valence-corrected chi connectivity index (χ3v) is 4.21. The van der Waals surface area contributed by atoms with Crippen LogP contribution in [0.2, 0.25) is 0 Å². The summed E-state index contributed by atoms with van der Waals surface area (Å²) in [6, 6.07) is 0. The van der Waals surface area contributed by atoms with Gasteiger partial charge in [-0.1, -0.05) is 13.3 Å². The molecule has 0 aromatic heterocycles. The van der Waals surface area contributed by atoms with Crippen LogP contribution in [-0.2, 0) is 4.79 Å². The molecule has 2 aliphatic rings. The van der Waals surface area contributed by atoms with Crippen molar-refractivity contribution in [2.75, 3.05) is 6.54 Å². The lowest BCUT2D eigenvalue weighted by atomic mass is 10.1. The van der Waals surface area contributed by atoms with Crippen LogP contribution in [0.3, 0.4) is 0 Å². The van der Waals surface area contributed by atoms with E-state index in [0.29, 0.717) is 5.92 Å². The number of carbonyl (C=O) groups excluding carboxylic acids is 1. The van der Waals surface area contributed by atoms with E-state index in [1.54, 1.807) is 0 Å². The summed E-state index contributed by atoms with van der Waals surface area (Å²) in [6.45, 7) is 2.82. The Morgan fingerprint density at radius 1 is 1.50 bits per heavy atom. The summed E-state index contributed by atoms with van der Waals surface area (Å²) in [5, 5.41) is 3.31. The van der Waals surface area contributed by atoms with E-state index in [0.717, 1.165) is 25.8 Å². The molecule has 3 heteroatoms. The lowest BCUT2D eigenvalue weighted by molar-refractivity contribution is -0.125. The van der Waals surface area contributed by atoms with Gasteiger partial charge in [-0.3, -0.25) is 4.79 Å². The van der Waals surface area contributed by atoms with E-state index in [1.165, 1.54) is 12.8 Å². The normalized spacial score (nSPS) is 34.1. The van der Waals surface area contributed by atoms with E-state index in [2.05, 4.69) is 5.32 Å². The molecule has 14 heavy (non-hydrogen) atoms. The topological polar surface area (TPSA) is 29.1 Å². The average Bonchev–Trinajstić information content (AvgIpc) is 2.77. The van der Waals surface area contributed by atoms with Crippen LogP contribution >= 0.6 is 11.6 Å². The summed E-state index contributed by atoms with van der Waals surface area (Å²) in [4.78, 5) is 11.6. The van der Waals surface area contributed by atoms with Gasteiger partial charge < -0.3 is 5.32 Å². The predicted molar refractivity (Wildman–Crippen MR) is 57.3 cm³/mol. The predicted octanol–water partition coefficient (Wildman–Crippen LogP) is 2.31. The molecule has 2 unspecified atom stereocenters. The molecule has 0 radical (unpaired) electrons. The number of hydrogen-bond acceptors (Lipinski definition) is 1. The lowest BCUT2D eigenvalue weighted by Crippen LogP contribution is -2.35. The third-order valence-electron chi connectivity index (χ3n) is 3.64. The molecule has 2 saturated carbocycles. The zero-order valence-corrected chi connectivity index (χ0v) is 9.44. The highest BCUT2D eigenvalue weighted by Gasteiger charge is 2.44. The highest BCUT2D eigenvalue weighted by Crippen LogP contribution is 2.45. The van der Waals surface area contributed by atoms with Crippen LogP contribution in [-0.4, -0.2) is 17.8 Å². The van der Waals surface area contributed by atoms with Gasteiger partial charge in [-0.25, -0.2) is 0 Å². The number of halogens is 1. The molecule has 0 aliphatic heterocycles. The van der Waals surface area contributed by atoms with Crippen molar-refractivity contribution < 1.29 is 4.79 Å². The summed E-state index contributed by atoms with van der Waals surface area (Å²) in [7, 11) is 0. The SMILES string of the molecule is CC1(C(=O)NCC2CCCC2Cl)CC1. The molecule has 1 N–H and O–H groups in total. The smallest absolute Gasteiger partial charge is 0.225 e. The molecule has 0 aromatic rings. The van der Waals surface area contributed by atoms with Gasteiger partial charge in [0, 0.05) is 17.3 Å². The minimum Gasteiger partial charge on any atom is -0.355 e. The molecule has 2 aliphatic carbocycles. The van der Waals surface area contributed by atoms with Crippen LogP contribution in [0.1, 0.15) is 39.0 Å². The number of amides is 1. The summed E-state index contributed by atoms with van der Waals surface area (Å²) >= 11 is 6.14. The molecule has 2 fully saturated rings. The van der Waals surface area contributed by atoms with Crippen molar-refractivity contribution >= 4 is 17.5 Å². The van der Waals surface area contributed by atoms with Crippen LogP contribution in [0.15, 0.2) is 0 Å². The van der Waals surface area contributed by atoms with Gasteiger partial charge in [0.05, 0.1) is 0 Å². The van der Waals surface area contributed by atoms with E-state index in [4.69, 9.17) is 11.6 Å². The molecular formula is C11H18ClNO. The van der Waals surface area contributed by atoms with Crippen molar-refractivity contribution in [1.29, 1.82) is 0 Å². The monoisotopic (exact) mass is 215 g/mol. The maximum Gasteiger partial charge on any atom is 0.225 e. The van der Waals surface area contributed by atoms with E-state index in [9.17, 15) is 4.79 Å². The fourth-order valence-electron chi connectivity index (χ4n) is 2.07. The summed E-state index contributed by atoms with van der Waals surface area (Å²) in [5.41, 5.74) is -0.0413. The fourth-order valence-corrected chi connectivity index (χ4v) is 2.44. The lowest BCUT2D eigenvalue weighted by Gasteiger charge is -2.16. The van der Waals surface area contributed by atoms with Gasteiger partial charge in [-0.05, 0) is 31.6 Å². The Morgan fingerprint density at radius 2 is 2.21 bits per heavy atom. The Labute approximate surface area is 90.4 Å². The van der Waals surface area contributed by atoms with E-state index < -0.39 is 0 Å². The van der Waals surface area contributed by atoms with Gasteiger partial charge in [-0.2, -0.15) is 0 Å². The molecule has 2 rings (SSSR count). The first kappa shape index (κ1) is 10.3. The summed E-state index contributed by atoms with van der Waals surface area (Å²) in [5.74, 6) is 0.733. The van der Waals surface area contributed by atoms with E-state index in [-0.39, 0.29) is 16.7 Å². The Morgan fingerprint density at radius 3 is 2.71 bits per heavy atom. The van der Waals surface area contributed by atoms with Crippen molar-refractivity contribution in [2.45, 2.75) is 44.4 Å².